The lowest BCUT2D eigenvalue weighted by Gasteiger charge is -2.32. The minimum Gasteiger partial charge on any atom is -0.497 e. The molecule has 1 aromatic carbocycles. The van der Waals surface area contributed by atoms with Crippen molar-refractivity contribution in [2.75, 3.05) is 14.2 Å². The molecule has 18 heavy (non-hydrogen) atoms. The largest absolute Gasteiger partial charge is 0.497 e. The first-order chi connectivity index (χ1) is 8.59. The van der Waals surface area contributed by atoms with E-state index in [1.54, 1.807) is 7.11 Å². The summed E-state index contributed by atoms with van der Waals surface area (Å²) in [6, 6.07) is 5.98. The summed E-state index contributed by atoms with van der Waals surface area (Å²) in [4.78, 5) is 11.6. The zero-order chi connectivity index (χ0) is 13.2. The fraction of sp³-hybridized carbons (Fsp3) is 0.400. The molecule has 0 spiro atoms. The predicted molar refractivity (Wildman–Crippen MR) is 70.6 cm³/mol. The maximum atomic E-state index is 11.6. The van der Waals surface area contributed by atoms with Crippen molar-refractivity contribution >= 4 is 12.0 Å². The number of rotatable bonds is 3. The summed E-state index contributed by atoms with van der Waals surface area (Å²) < 4.78 is 10.1. The van der Waals surface area contributed by atoms with Crippen LogP contribution in [-0.2, 0) is 14.9 Å². The summed E-state index contributed by atoms with van der Waals surface area (Å²) in [5, 5.41) is 0. The van der Waals surface area contributed by atoms with E-state index in [9.17, 15) is 4.79 Å². The fourth-order valence-corrected chi connectivity index (χ4v) is 2.44. The molecular weight excluding hydrogens is 228 g/mol. The molecule has 1 aliphatic rings. The SMILES string of the molecule is COC(=O)C[C@@]1(C)CC=Cc2ccc(OC)cc21. The lowest BCUT2D eigenvalue weighted by Crippen LogP contribution is -2.28. The molecule has 0 fully saturated rings. The minimum absolute atomic E-state index is 0.179. The van der Waals surface area contributed by atoms with Crippen LogP contribution < -0.4 is 4.74 Å². The van der Waals surface area contributed by atoms with Crippen molar-refractivity contribution < 1.29 is 14.3 Å². The van der Waals surface area contributed by atoms with Crippen molar-refractivity contribution in [2.45, 2.75) is 25.2 Å². The second kappa shape index (κ2) is 4.84. The van der Waals surface area contributed by atoms with Crippen LogP contribution in [0.15, 0.2) is 24.3 Å². The van der Waals surface area contributed by atoms with E-state index in [0.29, 0.717) is 6.42 Å². The molecule has 3 nitrogen and oxygen atoms in total. The molecular formula is C15H18O3. The van der Waals surface area contributed by atoms with Crippen LogP contribution >= 0.6 is 0 Å². The molecule has 0 unspecified atom stereocenters. The van der Waals surface area contributed by atoms with Crippen molar-refractivity contribution in [1.82, 2.24) is 0 Å². The van der Waals surface area contributed by atoms with Crippen LogP contribution in [0.3, 0.4) is 0 Å². The van der Waals surface area contributed by atoms with E-state index < -0.39 is 0 Å². The van der Waals surface area contributed by atoms with Crippen LogP contribution in [0.2, 0.25) is 0 Å². The molecule has 0 bridgehead atoms. The third-order valence-electron chi connectivity index (χ3n) is 3.54. The Morgan fingerprint density at radius 2 is 2.17 bits per heavy atom. The van der Waals surface area contributed by atoms with E-state index in [1.165, 1.54) is 7.11 Å². The summed E-state index contributed by atoms with van der Waals surface area (Å²) in [6.45, 7) is 2.09. The van der Waals surface area contributed by atoms with Crippen LogP contribution in [0.5, 0.6) is 5.75 Å². The maximum absolute atomic E-state index is 11.6. The molecule has 0 radical (unpaired) electrons. The second-order valence-corrected chi connectivity index (χ2v) is 4.87. The highest BCUT2D eigenvalue weighted by Crippen LogP contribution is 2.40. The van der Waals surface area contributed by atoms with Gasteiger partial charge in [-0.3, -0.25) is 4.79 Å². The Morgan fingerprint density at radius 3 is 2.83 bits per heavy atom. The third kappa shape index (κ3) is 2.26. The van der Waals surface area contributed by atoms with Crippen LogP contribution in [-0.4, -0.2) is 20.2 Å². The number of fused-ring (bicyclic) bond motifs is 1. The number of esters is 1. The van der Waals surface area contributed by atoms with E-state index in [1.807, 2.05) is 18.2 Å². The van der Waals surface area contributed by atoms with Gasteiger partial charge in [0, 0.05) is 5.41 Å². The first-order valence-electron chi connectivity index (χ1n) is 6.01. The maximum Gasteiger partial charge on any atom is 0.306 e. The molecule has 1 aromatic rings. The van der Waals surface area contributed by atoms with Crippen molar-refractivity contribution in [3.63, 3.8) is 0 Å². The molecule has 0 saturated heterocycles. The van der Waals surface area contributed by atoms with E-state index in [2.05, 4.69) is 19.1 Å². The molecule has 0 amide bonds. The fourth-order valence-electron chi connectivity index (χ4n) is 2.44. The topological polar surface area (TPSA) is 35.5 Å². The summed E-state index contributed by atoms with van der Waals surface area (Å²) in [5.74, 6) is 0.640. The average Bonchev–Trinajstić information content (AvgIpc) is 2.38. The van der Waals surface area contributed by atoms with Gasteiger partial charge in [-0.05, 0) is 29.7 Å². The quantitative estimate of drug-likeness (QED) is 0.769. The lowest BCUT2D eigenvalue weighted by atomic mass is 9.72. The molecule has 0 saturated carbocycles. The summed E-state index contributed by atoms with van der Waals surface area (Å²) >= 11 is 0. The van der Waals surface area contributed by atoms with Crippen LogP contribution in [0, 0.1) is 0 Å². The number of hydrogen-bond donors (Lipinski definition) is 0. The molecule has 0 aromatic heterocycles. The van der Waals surface area contributed by atoms with E-state index in [0.717, 1.165) is 23.3 Å². The van der Waals surface area contributed by atoms with Gasteiger partial charge in [0.2, 0.25) is 0 Å². The van der Waals surface area contributed by atoms with Crippen LogP contribution in [0.4, 0.5) is 0 Å². The predicted octanol–water partition coefficient (Wildman–Crippen LogP) is 2.93. The molecule has 3 heteroatoms. The first-order valence-corrected chi connectivity index (χ1v) is 6.01. The number of methoxy groups -OCH3 is 2. The van der Waals surface area contributed by atoms with Crippen LogP contribution in [0.25, 0.3) is 6.08 Å². The highest BCUT2D eigenvalue weighted by molar-refractivity contribution is 5.73. The van der Waals surface area contributed by atoms with Gasteiger partial charge in [0.1, 0.15) is 5.75 Å². The van der Waals surface area contributed by atoms with Gasteiger partial charge < -0.3 is 9.47 Å². The zero-order valence-corrected chi connectivity index (χ0v) is 11.0. The Kier molecular flexibility index (Phi) is 3.41. The summed E-state index contributed by atoms with van der Waals surface area (Å²) in [6.07, 6.45) is 5.42. The smallest absolute Gasteiger partial charge is 0.306 e. The monoisotopic (exact) mass is 246 g/mol. The number of carbonyl (C=O) groups excluding carboxylic acids is 1. The molecule has 1 aliphatic carbocycles. The number of allylic oxidation sites excluding steroid dienone is 1. The van der Waals surface area contributed by atoms with Gasteiger partial charge in [-0.15, -0.1) is 0 Å². The highest BCUT2D eigenvalue weighted by Gasteiger charge is 2.33. The van der Waals surface area contributed by atoms with E-state index in [4.69, 9.17) is 9.47 Å². The van der Waals surface area contributed by atoms with Crippen molar-refractivity contribution in [3.05, 3.63) is 35.4 Å². The number of carbonyl (C=O) groups is 1. The second-order valence-electron chi connectivity index (χ2n) is 4.87. The van der Waals surface area contributed by atoms with Gasteiger partial charge in [0.05, 0.1) is 20.6 Å². The highest BCUT2D eigenvalue weighted by atomic mass is 16.5. The number of benzene rings is 1. The average molecular weight is 246 g/mol. The molecule has 0 N–H and O–H groups in total. The van der Waals surface area contributed by atoms with Gasteiger partial charge in [0.25, 0.3) is 0 Å². The lowest BCUT2D eigenvalue weighted by molar-refractivity contribution is -0.142. The van der Waals surface area contributed by atoms with Gasteiger partial charge in [0.15, 0.2) is 0 Å². The van der Waals surface area contributed by atoms with Gasteiger partial charge in [-0.25, -0.2) is 0 Å². The summed E-state index contributed by atoms with van der Waals surface area (Å²) in [5.41, 5.74) is 2.08. The number of hydrogen-bond acceptors (Lipinski definition) is 3. The Labute approximate surface area is 107 Å². The number of ether oxygens (including phenoxy) is 2. The summed E-state index contributed by atoms with van der Waals surface area (Å²) in [7, 11) is 3.08. The van der Waals surface area contributed by atoms with Crippen molar-refractivity contribution in [2.24, 2.45) is 0 Å². The standard InChI is InChI=1S/C15H18O3/c1-15(10-14(16)18-3)8-4-5-11-6-7-12(17-2)9-13(11)15/h4-7,9H,8,10H2,1-3H3/t15-/m1/s1. The van der Waals surface area contributed by atoms with Gasteiger partial charge in [-0.2, -0.15) is 0 Å². The Balaban J connectivity index is 2.42. The molecule has 0 aliphatic heterocycles. The Hall–Kier alpha value is -1.77. The van der Waals surface area contributed by atoms with Crippen molar-refractivity contribution in [1.29, 1.82) is 0 Å². The van der Waals surface area contributed by atoms with E-state index in [-0.39, 0.29) is 11.4 Å². The van der Waals surface area contributed by atoms with Gasteiger partial charge in [-0.1, -0.05) is 25.1 Å². The Bertz CT molecular complexity index is 491. The Morgan fingerprint density at radius 1 is 1.39 bits per heavy atom. The molecule has 1 atom stereocenters. The molecule has 2 rings (SSSR count). The molecule has 96 valence electrons. The van der Waals surface area contributed by atoms with Gasteiger partial charge >= 0.3 is 5.97 Å². The van der Waals surface area contributed by atoms with Crippen LogP contribution in [0.1, 0.15) is 30.9 Å². The first kappa shape index (κ1) is 12.7. The third-order valence-corrected chi connectivity index (χ3v) is 3.54. The zero-order valence-electron chi connectivity index (χ0n) is 11.0. The minimum atomic E-state index is -0.217. The molecule has 0 heterocycles. The van der Waals surface area contributed by atoms with E-state index >= 15 is 0 Å². The normalized spacial score (nSPS) is 21.3. The van der Waals surface area contributed by atoms with Crippen molar-refractivity contribution in [3.8, 4) is 5.75 Å².